The molecule has 0 unspecified atom stereocenters. The van der Waals surface area contributed by atoms with Crippen LogP contribution in [0.1, 0.15) is 5.56 Å². The summed E-state index contributed by atoms with van der Waals surface area (Å²) in [6.07, 6.45) is 0. The number of nitrogens with one attached hydrogen (secondary N) is 1. The quantitative estimate of drug-likeness (QED) is 0.799. The van der Waals surface area contributed by atoms with Crippen molar-refractivity contribution in [2.45, 2.75) is 6.92 Å². The van der Waals surface area contributed by atoms with Gasteiger partial charge in [0.25, 0.3) is 0 Å². The second kappa shape index (κ2) is 6.68. The highest BCUT2D eigenvalue weighted by atomic mass is 16.5. The Kier molecular flexibility index (Phi) is 4.44. The molecule has 5 nitrogen and oxygen atoms in total. The first kappa shape index (κ1) is 16.0. The van der Waals surface area contributed by atoms with E-state index >= 15 is 0 Å². The summed E-state index contributed by atoms with van der Waals surface area (Å²) in [5.74, 6) is 0.241. The van der Waals surface area contributed by atoms with E-state index in [2.05, 4.69) is 5.32 Å². The molecule has 0 aliphatic heterocycles. The number of ether oxygens (including phenoxy) is 1. The molecule has 24 heavy (non-hydrogen) atoms. The van der Waals surface area contributed by atoms with Crippen molar-refractivity contribution in [3.63, 3.8) is 0 Å². The molecule has 122 valence electrons. The Morgan fingerprint density at radius 2 is 2.00 bits per heavy atom. The molecule has 0 saturated heterocycles. The summed E-state index contributed by atoms with van der Waals surface area (Å²) in [4.78, 5) is 24.0. The lowest BCUT2D eigenvalue weighted by Gasteiger charge is -2.07. The van der Waals surface area contributed by atoms with E-state index in [1.165, 1.54) is 13.2 Å². The van der Waals surface area contributed by atoms with Gasteiger partial charge in [-0.15, -0.1) is 0 Å². The van der Waals surface area contributed by atoms with Crippen LogP contribution in [0.2, 0.25) is 0 Å². The number of aryl methyl sites for hydroxylation is 1. The van der Waals surface area contributed by atoms with E-state index in [-0.39, 0.29) is 17.9 Å². The molecule has 0 spiro atoms. The number of anilines is 1. The van der Waals surface area contributed by atoms with Gasteiger partial charge in [0.1, 0.15) is 18.0 Å². The van der Waals surface area contributed by atoms with Gasteiger partial charge in [0.15, 0.2) is 5.43 Å². The summed E-state index contributed by atoms with van der Waals surface area (Å²) in [6, 6.07) is 14.2. The number of methoxy groups -OCH3 is 1. The third-order valence-electron chi connectivity index (χ3n) is 3.59. The molecular formula is C19H17NO4. The van der Waals surface area contributed by atoms with E-state index in [9.17, 15) is 9.59 Å². The molecule has 0 atom stereocenters. The van der Waals surface area contributed by atoms with Crippen LogP contribution in [-0.4, -0.2) is 19.6 Å². The predicted molar refractivity (Wildman–Crippen MR) is 93.2 cm³/mol. The van der Waals surface area contributed by atoms with E-state index in [1.807, 2.05) is 31.2 Å². The summed E-state index contributed by atoms with van der Waals surface area (Å²) in [5.41, 5.74) is 2.79. The topological polar surface area (TPSA) is 68.5 Å². The summed E-state index contributed by atoms with van der Waals surface area (Å²) in [7, 11) is 1.45. The fraction of sp³-hybridized carbons (Fsp3) is 0.158. The monoisotopic (exact) mass is 323 g/mol. The fourth-order valence-electron chi connectivity index (χ4n) is 2.50. The van der Waals surface area contributed by atoms with Crippen LogP contribution >= 0.6 is 0 Å². The molecule has 1 amide bonds. The lowest BCUT2D eigenvalue weighted by Crippen LogP contribution is -2.17. The predicted octanol–water partition coefficient (Wildman–Crippen LogP) is 3.35. The Bertz CT molecular complexity index is 959. The van der Waals surface area contributed by atoms with Crippen LogP contribution in [0.4, 0.5) is 5.69 Å². The Labute approximate surface area is 138 Å². The number of rotatable bonds is 4. The Morgan fingerprint density at radius 3 is 2.75 bits per heavy atom. The minimum Gasteiger partial charge on any atom is -0.456 e. The Hall–Kier alpha value is -2.92. The van der Waals surface area contributed by atoms with Crippen molar-refractivity contribution in [1.29, 1.82) is 0 Å². The highest BCUT2D eigenvalue weighted by Crippen LogP contribution is 2.24. The lowest BCUT2D eigenvalue weighted by molar-refractivity contribution is -0.119. The van der Waals surface area contributed by atoms with Crippen molar-refractivity contribution in [3.05, 3.63) is 64.3 Å². The molecule has 1 N–H and O–H groups in total. The van der Waals surface area contributed by atoms with E-state index in [1.54, 1.807) is 18.2 Å². The fourth-order valence-corrected chi connectivity index (χ4v) is 2.50. The standard InChI is InChI=1S/C19H17NO4/c1-12-4-3-5-13(8-12)18-10-16(21)15-9-14(6-7-17(15)24-18)20-19(22)11-23-2/h3-10H,11H2,1-2H3,(H,20,22). The van der Waals surface area contributed by atoms with Gasteiger partial charge in [0, 0.05) is 24.4 Å². The maximum atomic E-state index is 12.4. The first-order valence-electron chi connectivity index (χ1n) is 7.50. The molecule has 5 heteroatoms. The number of hydrogen-bond donors (Lipinski definition) is 1. The number of hydrogen-bond acceptors (Lipinski definition) is 4. The van der Waals surface area contributed by atoms with Crippen LogP contribution in [0.15, 0.2) is 57.7 Å². The van der Waals surface area contributed by atoms with E-state index < -0.39 is 0 Å². The zero-order chi connectivity index (χ0) is 17.1. The molecule has 0 aliphatic rings. The highest BCUT2D eigenvalue weighted by molar-refractivity contribution is 5.94. The average Bonchev–Trinajstić information content (AvgIpc) is 2.55. The summed E-state index contributed by atoms with van der Waals surface area (Å²) in [6.45, 7) is 1.94. The lowest BCUT2D eigenvalue weighted by atomic mass is 10.1. The Morgan fingerprint density at radius 1 is 1.17 bits per heavy atom. The van der Waals surface area contributed by atoms with Gasteiger partial charge in [-0.2, -0.15) is 0 Å². The molecule has 0 bridgehead atoms. The van der Waals surface area contributed by atoms with Crippen LogP contribution in [0.5, 0.6) is 0 Å². The van der Waals surface area contributed by atoms with Gasteiger partial charge in [-0.3, -0.25) is 9.59 Å². The number of fused-ring (bicyclic) bond motifs is 1. The largest absolute Gasteiger partial charge is 0.456 e. The van der Waals surface area contributed by atoms with Crippen molar-refractivity contribution in [2.24, 2.45) is 0 Å². The summed E-state index contributed by atoms with van der Waals surface area (Å²) >= 11 is 0. The molecular weight excluding hydrogens is 306 g/mol. The van der Waals surface area contributed by atoms with E-state index in [0.29, 0.717) is 22.4 Å². The smallest absolute Gasteiger partial charge is 0.250 e. The van der Waals surface area contributed by atoms with E-state index in [0.717, 1.165) is 11.1 Å². The Balaban J connectivity index is 2.01. The summed E-state index contributed by atoms with van der Waals surface area (Å²) in [5, 5.41) is 3.09. The van der Waals surface area contributed by atoms with Gasteiger partial charge in [0.2, 0.25) is 5.91 Å². The number of amides is 1. The van der Waals surface area contributed by atoms with Crippen LogP contribution in [0.3, 0.4) is 0 Å². The number of carbonyl (C=O) groups excluding carboxylic acids is 1. The van der Waals surface area contributed by atoms with Crippen LogP contribution in [0, 0.1) is 6.92 Å². The van der Waals surface area contributed by atoms with Crippen molar-refractivity contribution >= 4 is 22.6 Å². The van der Waals surface area contributed by atoms with Gasteiger partial charge >= 0.3 is 0 Å². The molecule has 2 aromatic carbocycles. The second-order valence-corrected chi connectivity index (χ2v) is 5.54. The van der Waals surface area contributed by atoms with Crippen molar-refractivity contribution in [2.75, 3.05) is 19.0 Å². The highest BCUT2D eigenvalue weighted by Gasteiger charge is 2.09. The minimum absolute atomic E-state index is 0.0427. The molecule has 0 fully saturated rings. The SMILES string of the molecule is COCC(=O)Nc1ccc2oc(-c3cccc(C)c3)cc(=O)c2c1. The van der Waals surface area contributed by atoms with Gasteiger partial charge in [-0.1, -0.05) is 23.8 Å². The van der Waals surface area contributed by atoms with Crippen LogP contribution in [-0.2, 0) is 9.53 Å². The maximum absolute atomic E-state index is 12.4. The van der Waals surface area contributed by atoms with Gasteiger partial charge in [0.05, 0.1) is 5.39 Å². The molecule has 0 radical (unpaired) electrons. The third-order valence-corrected chi connectivity index (χ3v) is 3.59. The van der Waals surface area contributed by atoms with Crippen LogP contribution in [0.25, 0.3) is 22.3 Å². The number of benzene rings is 2. The summed E-state index contributed by atoms with van der Waals surface area (Å²) < 4.78 is 10.6. The number of carbonyl (C=O) groups is 1. The second-order valence-electron chi connectivity index (χ2n) is 5.54. The van der Waals surface area contributed by atoms with Gasteiger partial charge < -0.3 is 14.5 Å². The molecule has 1 aromatic heterocycles. The molecule has 3 rings (SSSR count). The van der Waals surface area contributed by atoms with Crippen molar-refractivity contribution in [1.82, 2.24) is 0 Å². The molecule has 3 aromatic rings. The van der Waals surface area contributed by atoms with E-state index in [4.69, 9.17) is 9.15 Å². The van der Waals surface area contributed by atoms with Crippen LogP contribution < -0.4 is 10.7 Å². The molecule has 0 saturated carbocycles. The zero-order valence-electron chi connectivity index (χ0n) is 13.5. The van der Waals surface area contributed by atoms with Crippen molar-refractivity contribution in [3.8, 4) is 11.3 Å². The third kappa shape index (κ3) is 3.36. The maximum Gasteiger partial charge on any atom is 0.250 e. The molecule has 0 aliphatic carbocycles. The van der Waals surface area contributed by atoms with Gasteiger partial charge in [-0.05, 0) is 31.2 Å². The minimum atomic E-state index is -0.280. The van der Waals surface area contributed by atoms with Crippen molar-refractivity contribution < 1.29 is 13.9 Å². The normalized spacial score (nSPS) is 10.8. The average molecular weight is 323 g/mol. The zero-order valence-corrected chi connectivity index (χ0v) is 13.5. The first-order valence-corrected chi connectivity index (χ1v) is 7.50. The first-order chi connectivity index (χ1) is 11.6. The van der Waals surface area contributed by atoms with Gasteiger partial charge in [-0.25, -0.2) is 0 Å². The molecule has 1 heterocycles.